The van der Waals surface area contributed by atoms with E-state index in [-0.39, 0.29) is 17.0 Å². The maximum atomic E-state index is 13.6. The number of hydrogen-bond donors (Lipinski definition) is 1. The Morgan fingerprint density at radius 2 is 1.96 bits per heavy atom. The van der Waals surface area contributed by atoms with Crippen LogP contribution in [-0.2, 0) is 23.0 Å². The third-order valence-corrected chi connectivity index (χ3v) is 4.78. The SMILES string of the molecule is Cc1nn(C)c(C)c1[C@H](OC(=O)Cc1c(C)[nH]c2ccc(F)cc12)C(F)(F)F. The zero-order valence-corrected chi connectivity index (χ0v) is 15.7. The third kappa shape index (κ3) is 3.61. The van der Waals surface area contributed by atoms with Gasteiger partial charge in [-0.3, -0.25) is 9.48 Å². The molecule has 2 aromatic heterocycles. The molecule has 0 unspecified atom stereocenters. The molecule has 0 spiro atoms. The first-order valence-corrected chi connectivity index (χ1v) is 8.52. The number of aryl methyl sites for hydroxylation is 3. The van der Waals surface area contributed by atoms with Crippen molar-refractivity contribution in [1.82, 2.24) is 14.8 Å². The maximum absolute atomic E-state index is 13.6. The topological polar surface area (TPSA) is 59.9 Å². The Labute approximate surface area is 158 Å². The van der Waals surface area contributed by atoms with Crippen LogP contribution in [0, 0.1) is 26.6 Å². The van der Waals surface area contributed by atoms with Crippen molar-refractivity contribution in [1.29, 1.82) is 0 Å². The highest BCUT2D eigenvalue weighted by atomic mass is 19.4. The summed E-state index contributed by atoms with van der Waals surface area (Å²) in [4.78, 5) is 15.4. The molecular formula is C19H19F4N3O2. The van der Waals surface area contributed by atoms with E-state index in [0.717, 1.165) is 0 Å². The lowest BCUT2D eigenvalue weighted by Gasteiger charge is -2.21. The van der Waals surface area contributed by atoms with Crippen LogP contribution in [0.3, 0.4) is 0 Å². The number of aromatic amines is 1. The van der Waals surface area contributed by atoms with Crippen molar-refractivity contribution in [2.24, 2.45) is 7.05 Å². The molecule has 150 valence electrons. The molecule has 3 rings (SSSR count). The second-order valence-corrected chi connectivity index (χ2v) is 6.71. The zero-order valence-electron chi connectivity index (χ0n) is 15.7. The number of ether oxygens (including phenoxy) is 1. The van der Waals surface area contributed by atoms with Gasteiger partial charge < -0.3 is 9.72 Å². The fraction of sp³-hybridized carbons (Fsp3) is 0.368. The number of rotatable bonds is 4. The second-order valence-electron chi connectivity index (χ2n) is 6.71. The molecule has 0 saturated carbocycles. The molecule has 0 amide bonds. The fourth-order valence-electron chi connectivity index (χ4n) is 3.36. The van der Waals surface area contributed by atoms with Gasteiger partial charge in [0, 0.05) is 34.9 Å². The summed E-state index contributed by atoms with van der Waals surface area (Å²) in [5.74, 6) is -1.56. The number of nitrogens with zero attached hydrogens (tertiary/aromatic N) is 2. The van der Waals surface area contributed by atoms with Gasteiger partial charge in [-0.05, 0) is 44.5 Å². The fourth-order valence-corrected chi connectivity index (χ4v) is 3.36. The molecular weight excluding hydrogens is 378 g/mol. The van der Waals surface area contributed by atoms with Crippen molar-refractivity contribution in [2.45, 2.75) is 39.5 Å². The molecule has 5 nitrogen and oxygen atoms in total. The lowest BCUT2D eigenvalue weighted by molar-refractivity contribution is -0.224. The largest absolute Gasteiger partial charge is 0.447 e. The van der Waals surface area contributed by atoms with Gasteiger partial charge in [0.15, 0.2) is 0 Å². The quantitative estimate of drug-likeness (QED) is 0.526. The summed E-state index contributed by atoms with van der Waals surface area (Å²) in [6, 6.07) is 4.00. The monoisotopic (exact) mass is 397 g/mol. The molecule has 9 heteroatoms. The summed E-state index contributed by atoms with van der Waals surface area (Å²) < 4.78 is 60.6. The molecule has 28 heavy (non-hydrogen) atoms. The van der Waals surface area contributed by atoms with E-state index in [0.29, 0.717) is 22.2 Å². The number of hydrogen-bond acceptors (Lipinski definition) is 3. The Kier molecular flexibility index (Phi) is 4.95. The number of carbonyl (C=O) groups is 1. The van der Waals surface area contributed by atoms with Crippen LogP contribution >= 0.6 is 0 Å². The van der Waals surface area contributed by atoms with Crippen molar-refractivity contribution in [2.75, 3.05) is 0 Å². The van der Waals surface area contributed by atoms with Crippen LogP contribution in [0.15, 0.2) is 18.2 Å². The number of esters is 1. The van der Waals surface area contributed by atoms with Gasteiger partial charge >= 0.3 is 12.1 Å². The van der Waals surface area contributed by atoms with Gasteiger partial charge in [0.25, 0.3) is 0 Å². The Morgan fingerprint density at radius 3 is 2.54 bits per heavy atom. The average Bonchev–Trinajstić information content (AvgIpc) is 3.01. The van der Waals surface area contributed by atoms with Crippen LogP contribution in [0.5, 0.6) is 0 Å². The molecule has 1 N–H and O–H groups in total. The number of alkyl halides is 3. The molecule has 0 radical (unpaired) electrons. The van der Waals surface area contributed by atoms with Gasteiger partial charge in [-0.25, -0.2) is 4.39 Å². The standard InChI is InChI=1S/C19H19F4N3O2/c1-9-13(14-7-12(20)5-6-15(14)24-9)8-16(27)28-18(19(21,22)23)17-10(2)25-26(4)11(17)3/h5-7,18,24H,8H2,1-4H3/t18-/m0/s1. The summed E-state index contributed by atoms with van der Waals surface area (Å²) in [5, 5.41) is 4.41. The highest BCUT2D eigenvalue weighted by Gasteiger charge is 2.46. The van der Waals surface area contributed by atoms with E-state index in [2.05, 4.69) is 10.1 Å². The summed E-state index contributed by atoms with van der Waals surface area (Å²) in [5.41, 5.74) is 1.78. The lowest BCUT2D eigenvalue weighted by atomic mass is 10.1. The average molecular weight is 397 g/mol. The Bertz CT molecular complexity index is 1050. The van der Waals surface area contributed by atoms with E-state index in [1.807, 2.05) is 0 Å². The molecule has 0 bridgehead atoms. The number of aromatic nitrogens is 3. The number of halogens is 4. The van der Waals surface area contributed by atoms with Gasteiger partial charge in [0.2, 0.25) is 6.10 Å². The normalized spacial score (nSPS) is 13.1. The third-order valence-electron chi connectivity index (χ3n) is 4.78. The first-order valence-electron chi connectivity index (χ1n) is 8.52. The number of benzene rings is 1. The van der Waals surface area contributed by atoms with E-state index in [4.69, 9.17) is 4.74 Å². The summed E-state index contributed by atoms with van der Waals surface area (Å²) >= 11 is 0. The predicted octanol–water partition coefficient (Wildman–Crippen LogP) is 4.36. The molecule has 0 aliphatic rings. The first kappa shape index (κ1) is 19.9. The van der Waals surface area contributed by atoms with Crippen LogP contribution < -0.4 is 0 Å². The minimum Gasteiger partial charge on any atom is -0.447 e. The van der Waals surface area contributed by atoms with Crippen molar-refractivity contribution >= 4 is 16.9 Å². The van der Waals surface area contributed by atoms with Crippen LogP contribution in [0.2, 0.25) is 0 Å². The van der Waals surface area contributed by atoms with E-state index < -0.39 is 30.5 Å². The maximum Gasteiger partial charge on any atom is 0.429 e. The molecule has 0 aliphatic carbocycles. The predicted molar refractivity (Wildman–Crippen MR) is 94.3 cm³/mol. The van der Waals surface area contributed by atoms with E-state index in [1.165, 1.54) is 43.8 Å². The van der Waals surface area contributed by atoms with Gasteiger partial charge in [0.05, 0.1) is 12.1 Å². The number of H-pyrrole nitrogens is 1. The van der Waals surface area contributed by atoms with Crippen LogP contribution in [0.25, 0.3) is 10.9 Å². The Hall–Kier alpha value is -2.84. The van der Waals surface area contributed by atoms with E-state index in [9.17, 15) is 22.4 Å². The number of fused-ring (bicyclic) bond motifs is 1. The molecule has 0 saturated heterocycles. The lowest BCUT2D eigenvalue weighted by Crippen LogP contribution is -2.28. The van der Waals surface area contributed by atoms with Crippen molar-refractivity contribution in [3.8, 4) is 0 Å². The highest BCUT2D eigenvalue weighted by Crippen LogP contribution is 2.39. The summed E-state index contributed by atoms with van der Waals surface area (Å²) in [7, 11) is 1.52. The summed E-state index contributed by atoms with van der Waals surface area (Å²) in [6.45, 7) is 4.58. The van der Waals surface area contributed by atoms with Crippen LogP contribution in [0.1, 0.15) is 34.3 Å². The Balaban J connectivity index is 1.92. The van der Waals surface area contributed by atoms with Crippen LogP contribution in [-0.4, -0.2) is 26.9 Å². The summed E-state index contributed by atoms with van der Waals surface area (Å²) in [6.07, 6.45) is -7.63. The van der Waals surface area contributed by atoms with Crippen molar-refractivity contribution < 1.29 is 27.1 Å². The van der Waals surface area contributed by atoms with Gasteiger partial charge in [-0.1, -0.05) is 0 Å². The minimum atomic E-state index is -4.80. The van der Waals surface area contributed by atoms with Crippen molar-refractivity contribution in [3.63, 3.8) is 0 Å². The van der Waals surface area contributed by atoms with Gasteiger partial charge in [-0.15, -0.1) is 0 Å². The van der Waals surface area contributed by atoms with E-state index in [1.54, 1.807) is 6.92 Å². The van der Waals surface area contributed by atoms with Crippen molar-refractivity contribution in [3.05, 3.63) is 52.2 Å². The number of nitrogens with one attached hydrogen (secondary N) is 1. The minimum absolute atomic E-state index is 0.139. The zero-order chi connectivity index (χ0) is 20.8. The molecule has 0 fully saturated rings. The smallest absolute Gasteiger partial charge is 0.429 e. The molecule has 0 aliphatic heterocycles. The van der Waals surface area contributed by atoms with Crippen LogP contribution in [0.4, 0.5) is 17.6 Å². The first-order chi connectivity index (χ1) is 13.0. The molecule has 1 atom stereocenters. The second kappa shape index (κ2) is 6.96. The highest BCUT2D eigenvalue weighted by molar-refractivity contribution is 5.88. The van der Waals surface area contributed by atoms with Gasteiger partial charge in [0.1, 0.15) is 5.82 Å². The van der Waals surface area contributed by atoms with E-state index >= 15 is 0 Å². The number of carbonyl (C=O) groups excluding carboxylic acids is 1. The molecule has 2 heterocycles. The van der Waals surface area contributed by atoms with Gasteiger partial charge in [-0.2, -0.15) is 18.3 Å². The molecule has 3 aromatic rings. The molecule has 1 aromatic carbocycles. The Morgan fingerprint density at radius 1 is 1.29 bits per heavy atom.